The van der Waals surface area contributed by atoms with Crippen molar-refractivity contribution >= 4 is 11.9 Å². The van der Waals surface area contributed by atoms with Gasteiger partial charge in [0.1, 0.15) is 0 Å². The molecule has 0 aromatic heterocycles. The smallest absolute Gasteiger partial charge is 0.341 e. The van der Waals surface area contributed by atoms with Crippen LogP contribution in [0, 0.1) is 0 Å². The van der Waals surface area contributed by atoms with Gasteiger partial charge < -0.3 is 24.2 Å². The van der Waals surface area contributed by atoms with Gasteiger partial charge in [-0.1, -0.05) is 6.92 Å². The third-order valence-corrected chi connectivity index (χ3v) is 3.72. The second-order valence-electron chi connectivity index (χ2n) is 5.43. The van der Waals surface area contributed by atoms with Gasteiger partial charge in [0.05, 0.1) is 19.3 Å². The SMILES string of the molecule is CCOc1cc(C(=O)N2CCOC(CC)C2)ccc1OCC(=O)O. The molecule has 1 atom stereocenters. The van der Waals surface area contributed by atoms with Gasteiger partial charge in [-0.25, -0.2) is 4.79 Å². The molecular weight excluding hydrogens is 314 g/mol. The molecule has 1 N–H and O–H groups in total. The van der Waals surface area contributed by atoms with E-state index in [9.17, 15) is 9.59 Å². The number of hydrogen-bond donors (Lipinski definition) is 1. The minimum atomic E-state index is -1.07. The van der Waals surface area contributed by atoms with Gasteiger partial charge in [-0.3, -0.25) is 4.79 Å². The Labute approximate surface area is 141 Å². The first-order valence-electron chi connectivity index (χ1n) is 8.07. The number of ether oxygens (including phenoxy) is 3. The van der Waals surface area contributed by atoms with Crippen LogP contribution in [-0.2, 0) is 9.53 Å². The number of hydrogen-bond acceptors (Lipinski definition) is 5. The maximum atomic E-state index is 12.7. The molecule has 0 saturated carbocycles. The van der Waals surface area contributed by atoms with Gasteiger partial charge in [0.25, 0.3) is 5.91 Å². The highest BCUT2D eigenvalue weighted by molar-refractivity contribution is 5.95. The quantitative estimate of drug-likeness (QED) is 0.816. The molecule has 1 heterocycles. The van der Waals surface area contributed by atoms with Gasteiger partial charge in [0.2, 0.25) is 0 Å². The molecule has 1 aliphatic rings. The van der Waals surface area contributed by atoms with E-state index in [0.29, 0.717) is 43.4 Å². The summed E-state index contributed by atoms with van der Waals surface area (Å²) in [7, 11) is 0. The molecule has 0 radical (unpaired) electrons. The fourth-order valence-corrected chi connectivity index (χ4v) is 2.50. The summed E-state index contributed by atoms with van der Waals surface area (Å²) in [6, 6.07) is 4.79. The predicted molar refractivity (Wildman–Crippen MR) is 86.7 cm³/mol. The van der Waals surface area contributed by atoms with E-state index in [-0.39, 0.29) is 12.0 Å². The molecule has 1 unspecified atom stereocenters. The number of benzene rings is 1. The normalized spacial score (nSPS) is 17.4. The topological polar surface area (TPSA) is 85.3 Å². The van der Waals surface area contributed by atoms with Crippen LogP contribution in [0.1, 0.15) is 30.6 Å². The van der Waals surface area contributed by atoms with Crippen LogP contribution in [0.3, 0.4) is 0 Å². The molecule has 1 aromatic carbocycles. The number of carboxylic acids is 1. The van der Waals surface area contributed by atoms with Crippen molar-refractivity contribution in [3.63, 3.8) is 0 Å². The van der Waals surface area contributed by atoms with Crippen LogP contribution in [0.2, 0.25) is 0 Å². The van der Waals surface area contributed by atoms with Gasteiger partial charge in [-0.15, -0.1) is 0 Å². The fourth-order valence-electron chi connectivity index (χ4n) is 2.50. The predicted octanol–water partition coefficient (Wildman–Crippen LogP) is 1.80. The highest BCUT2D eigenvalue weighted by Crippen LogP contribution is 2.29. The average Bonchev–Trinajstić information content (AvgIpc) is 2.60. The molecule has 7 nitrogen and oxygen atoms in total. The first kappa shape index (κ1) is 18.1. The van der Waals surface area contributed by atoms with Crippen LogP contribution in [0.15, 0.2) is 18.2 Å². The minimum Gasteiger partial charge on any atom is -0.490 e. The van der Waals surface area contributed by atoms with E-state index in [1.54, 1.807) is 23.1 Å². The molecule has 1 amide bonds. The molecule has 0 bridgehead atoms. The van der Waals surface area contributed by atoms with Crippen LogP contribution >= 0.6 is 0 Å². The lowest BCUT2D eigenvalue weighted by Gasteiger charge is -2.32. The highest BCUT2D eigenvalue weighted by atomic mass is 16.5. The van der Waals surface area contributed by atoms with Crippen LogP contribution in [-0.4, -0.2) is 60.9 Å². The van der Waals surface area contributed by atoms with E-state index in [1.807, 2.05) is 13.8 Å². The van der Waals surface area contributed by atoms with Crippen molar-refractivity contribution in [3.8, 4) is 11.5 Å². The van der Waals surface area contributed by atoms with Crippen LogP contribution in [0.5, 0.6) is 11.5 Å². The molecule has 1 aliphatic heterocycles. The van der Waals surface area contributed by atoms with E-state index in [2.05, 4.69) is 0 Å². The summed E-state index contributed by atoms with van der Waals surface area (Å²) in [5.74, 6) is -0.492. The van der Waals surface area contributed by atoms with Crippen molar-refractivity contribution < 1.29 is 28.9 Å². The second kappa shape index (κ2) is 8.54. The van der Waals surface area contributed by atoms with E-state index < -0.39 is 12.6 Å². The summed E-state index contributed by atoms with van der Waals surface area (Å²) >= 11 is 0. The van der Waals surface area contributed by atoms with Gasteiger partial charge >= 0.3 is 5.97 Å². The Morgan fingerprint density at radius 1 is 1.29 bits per heavy atom. The zero-order chi connectivity index (χ0) is 17.5. The molecule has 0 spiro atoms. The molecule has 7 heteroatoms. The Bertz CT molecular complexity index is 588. The number of aliphatic carboxylic acids is 1. The lowest BCUT2D eigenvalue weighted by atomic mass is 10.1. The Morgan fingerprint density at radius 3 is 2.75 bits per heavy atom. The maximum absolute atomic E-state index is 12.7. The van der Waals surface area contributed by atoms with Crippen molar-refractivity contribution in [1.82, 2.24) is 4.90 Å². The minimum absolute atomic E-state index is 0.0623. The molecule has 1 saturated heterocycles. The standard InChI is InChI=1S/C17H23NO6/c1-3-13-10-18(7-8-23-13)17(21)12-5-6-14(24-11-16(19)20)15(9-12)22-4-2/h5-6,9,13H,3-4,7-8,10-11H2,1-2H3,(H,19,20). The number of carbonyl (C=O) groups is 2. The van der Waals surface area contributed by atoms with Crippen molar-refractivity contribution in [2.24, 2.45) is 0 Å². The molecule has 2 rings (SSSR count). The number of carbonyl (C=O) groups excluding carboxylic acids is 1. The molecule has 1 fully saturated rings. The number of rotatable bonds is 7. The van der Waals surface area contributed by atoms with Crippen molar-refractivity contribution in [2.45, 2.75) is 26.4 Å². The summed E-state index contributed by atoms with van der Waals surface area (Å²) in [6.45, 7) is 5.41. The molecule has 1 aromatic rings. The Morgan fingerprint density at radius 2 is 2.08 bits per heavy atom. The summed E-state index contributed by atoms with van der Waals surface area (Å²) in [4.78, 5) is 25.1. The van der Waals surface area contributed by atoms with Gasteiger partial charge in [-0.2, -0.15) is 0 Å². The fraction of sp³-hybridized carbons (Fsp3) is 0.529. The highest BCUT2D eigenvalue weighted by Gasteiger charge is 2.24. The molecule has 24 heavy (non-hydrogen) atoms. The second-order valence-corrected chi connectivity index (χ2v) is 5.43. The van der Waals surface area contributed by atoms with E-state index in [4.69, 9.17) is 19.3 Å². The number of amides is 1. The molecule has 132 valence electrons. The third-order valence-electron chi connectivity index (χ3n) is 3.72. The first-order valence-corrected chi connectivity index (χ1v) is 8.07. The third kappa shape index (κ3) is 4.61. The monoisotopic (exact) mass is 337 g/mol. The number of nitrogens with zero attached hydrogens (tertiary/aromatic N) is 1. The Hall–Kier alpha value is -2.28. The first-order chi connectivity index (χ1) is 11.5. The molecule has 0 aliphatic carbocycles. The average molecular weight is 337 g/mol. The maximum Gasteiger partial charge on any atom is 0.341 e. The van der Waals surface area contributed by atoms with E-state index in [1.165, 1.54) is 0 Å². The van der Waals surface area contributed by atoms with Gasteiger partial charge in [0, 0.05) is 18.7 Å². The van der Waals surface area contributed by atoms with Crippen LogP contribution < -0.4 is 9.47 Å². The zero-order valence-electron chi connectivity index (χ0n) is 14.0. The lowest BCUT2D eigenvalue weighted by Crippen LogP contribution is -2.45. The molecular formula is C17H23NO6. The van der Waals surface area contributed by atoms with Gasteiger partial charge in [-0.05, 0) is 31.5 Å². The largest absolute Gasteiger partial charge is 0.490 e. The Kier molecular flexibility index (Phi) is 6.43. The number of carboxylic acid groups (broad SMARTS) is 1. The van der Waals surface area contributed by atoms with Crippen LogP contribution in [0.4, 0.5) is 0 Å². The zero-order valence-corrected chi connectivity index (χ0v) is 14.0. The van der Waals surface area contributed by atoms with E-state index >= 15 is 0 Å². The van der Waals surface area contributed by atoms with Crippen LogP contribution in [0.25, 0.3) is 0 Å². The summed E-state index contributed by atoms with van der Waals surface area (Å²) in [6.07, 6.45) is 0.919. The summed E-state index contributed by atoms with van der Waals surface area (Å²) < 4.78 is 16.3. The number of morpholine rings is 1. The van der Waals surface area contributed by atoms with Gasteiger partial charge in [0.15, 0.2) is 18.1 Å². The summed E-state index contributed by atoms with van der Waals surface area (Å²) in [5, 5.41) is 8.72. The van der Waals surface area contributed by atoms with E-state index in [0.717, 1.165) is 6.42 Å². The van der Waals surface area contributed by atoms with Crippen molar-refractivity contribution in [3.05, 3.63) is 23.8 Å². The van der Waals surface area contributed by atoms with Crippen molar-refractivity contribution in [1.29, 1.82) is 0 Å². The van der Waals surface area contributed by atoms with Crippen molar-refractivity contribution in [2.75, 3.05) is 32.9 Å². The lowest BCUT2D eigenvalue weighted by molar-refractivity contribution is -0.139. The summed E-state index contributed by atoms with van der Waals surface area (Å²) in [5.41, 5.74) is 0.484. The Balaban J connectivity index is 2.15.